The number of amides is 1. The van der Waals surface area contributed by atoms with Crippen molar-refractivity contribution in [2.45, 2.75) is 46.1 Å². The zero-order valence-corrected chi connectivity index (χ0v) is 20.3. The van der Waals surface area contributed by atoms with Crippen molar-refractivity contribution in [3.05, 3.63) is 88.4 Å². The number of hydrogen-bond acceptors (Lipinski definition) is 5. The van der Waals surface area contributed by atoms with E-state index in [-0.39, 0.29) is 16.7 Å². The van der Waals surface area contributed by atoms with Crippen LogP contribution in [-0.2, 0) is 15.0 Å². The molecule has 1 aliphatic heterocycles. The predicted molar refractivity (Wildman–Crippen MR) is 131 cm³/mol. The Hall–Kier alpha value is -3.80. The van der Waals surface area contributed by atoms with E-state index in [0.717, 1.165) is 11.1 Å². The van der Waals surface area contributed by atoms with Gasteiger partial charge in [-0.3, -0.25) is 14.5 Å². The van der Waals surface area contributed by atoms with Crippen LogP contribution < -0.4 is 9.64 Å². The highest BCUT2D eigenvalue weighted by atomic mass is 16.5. The van der Waals surface area contributed by atoms with E-state index in [1.165, 1.54) is 12.0 Å². The van der Waals surface area contributed by atoms with Crippen molar-refractivity contribution in [1.82, 2.24) is 0 Å². The second-order valence-corrected chi connectivity index (χ2v) is 9.57. The Kier molecular flexibility index (Phi) is 5.86. The van der Waals surface area contributed by atoms with Gasteiger partial charge in [-0.25, -0.2) is 0 Å². The fourth-order valence-corrected chi connectivity index (χ4v) is 4.29. The topological polar surface area (TPSA) is 80.0 Å². The molecule has 1 fully saturated rings. The number of carbonyl (C=O) groups is 2. The number of ketones is 1. The van der Waals surface area contributed by atoms with Crippen LogP contribution in [0.15, 0.2) is 64.6 Å². The summed E-state index contributed by atoms with van der Waals surface area (Å²) in [4.78, 5) is 28.1. The molecule has 1 aliphatic rings. The van der Waals surface area contributed by atoms with Gasteiger partial charge in [-0.1, -0.05) is 45.0 Å². The number of hydrogen-bond donors (Lipinski definition) is 1. The van der Waals surface area contributed by atoms with Gasteiger partial charge < -0.3 is 14.3 Å². The van der Waals surface area contributed by atoms with Gasteiger partial charge in [0.25, 0.3) is 11.7 Å². The SMILES string of the molecule is COc1ccc(C(C)(C)C)cc1/C(O)=C1\C(=O)C(=O)N(c2ccccc2C)C1c1ccc(C)o1. The molecule has 4 rings (SSSR count). The Bertz CT molecular complexity index is 1310. The molecule has 2 aromatic carbocycles. The number of aryl methyl sites for hydroxylation is 2. The van der Waals surface area contributed by atoms with Crippen LogP contribution in [0, 0.1) is 13.8 Å². The summed E-state index contributed by atoms with van der Waals surface area (Å²) in [6.07, 6.45) is 0. The Balaban J connectivity index is 2.00. The quantitative estimate of drug-likeness (QED) is 0.302. The van der Waals surface area contributed by atoms with E-state index in [2.05, 4.69) is 20.8 Å². The summed E-state index contributed by atoms with van der Waals surface area (Å²) >= 11 is 0. The summed E-state index contributed by atoms with van der Waals surface area (Å²) < 4.78 is 11.4. The number of aliphatic hydroxyl groups is 1. The molecule has 1 amide bonds. The number of rotatable bonds is 4. The molecule has 0 aliphatic carbocycles. The van der Waals surface area contributed by atoms with Gasteiger partial charge in [0.05, 0.1) is 18.2 Å². The molecule has 1 aromatic heterocycles. The van der Waals surface area contributed by atoms with Crippen LogP contribution in [0.5, 0.6) is 5.75 Å². The molecule has 1 saturated heterocycles. The Labute approximate surface area is 199 Å². The number of carbonyl (C=O) groups excluding carboxylic acids is 2. The van der Waals surface area contributed by atoms with Gasteiger partial charge in [-0.2, -0.15) is 0 Å². The smallest absolute Gasteiger partial charge is 0.300 e. The van der Waals surface area contributed by atoms with Gasteiger partial charge in [0, 0.05) is 5.69 Å². The normalized spacial score (nSPS) is 17.9. The van der Waals surface area contributed by atoms with Crippen molar-refractivity contribution in [2.75, 3.05) is 12.0 Å². The second-order valence-electron chi connectivity index (χ2n) is 9.57. The first-order valence-corrected chi connectivity index (χ1v) is 11.2. The average molecular weight is 460 g/mol. The number of para-hydroxylation sites is 1. The first-order valence-electron chi connectivity index (χ1n) is 11.2. The van der Waals surface area contributed by atoms with E-state index in [9.17, 15) is 14.7 Å². The molecule has 1 atom stereocenters. The van der Waals surface area contributed by atoms with Crippen LogP contribution in [0.3, 0.4) is 0 Å². The highest BCUT2D eigenvalue weighted by molar-refractivity contribution is 6.51. The van der Waals surface area contributed by atoms with Crippen LogP contribution in [0.25, 0.3) is 5.76 Å². The number of anilines is 1. The number of nitrogens with zero attached hydrogens (tertiary/aromatic N) is 1. The molecular weight excluding hydrogens is 430 g/mol. The van der Waals surface area contributed by atoms with E-state index >= 15 is 0 Å². The van der Waals surface area contributed by atoms with Gasteiger partial charge in [-0.15, -0.1) is 0 Å². The molecule has 0 radical (unpaired) electrons. The third kappa shape index (κ3) is 3.89. The highest BCUT2D eigenvalue weighted by Crippen LogP contribution is 2.44. The van der Waals surface area contributed by atoms with Gasteiger partial charge in [0.2, 0.25) is 0 Å². The second kappa shape index (κ2) is 8.52. The number of methoxy groups -OCH3 is 1. The lowest BCUT2D eigenvalue weighted by Crippen LogP contribution is -2.29. The number of ether oxygens (including phenoxy) is 1. The standard InChI is InChI=1S/C28H29NO5/c1-16-9-7-8-10-20(16)29-24(22-13-11-17(2)34-22)23(26(31)27(29)32)25(30)19-15-18(28(3,4)5)12-14-21(19)33-6/h7-15,24,30H,1-6H3/b25-23+. The molecule has 0 spiro atoms. The average Bonchev–Trinajstić information content (AvgIpc) is 3.33. The van der Waals surface area contributed by atoms with Crippen molar-refractivity contribution in [3.63, 3.8) is 0 Å². The summed E-state index contributed by atoms with van der Waals surface area (Å²) in [5, 5.41) is 11.5. The monoisotopic (exact) mass is 459 g/mol. The predicted octanol–water partition coefficient (Wildman–Crippen LogP) is 5.83. The van der Waals surface area contributed by atoms with Gasteiger partial charge in [0.15, 0.2) is 0 Å². The van der Waals surface area contributed by atoms with Crippen molar-refractivity contribution in [3.8, 4) is 5.75 Å². The zero-order chi connectivity index (χ0) is 24.8. The molecule has 1 N–H and O–H groups in total. The third-order valence-corrected chi connectivity index (χ3v) is 6.17. The number of benzene rings is 2. The lowest BCUT2D eigenvalue weighted by molar-refractivity contribution is -0.132. The van der Waals surface area contributed by atoms with Gasteiger partial charge >= 0.3 is 0 Å². The Morgan fingerprint density at radius 1 is 1.03 bits per heavy atom. The molecule has 0 bridgehead atoms. The fourth-order valence-electron chi connectivity index (χ4n) is 4.29. The first kappa shape index (κ1) is 23.4. The fraction of sp³-hybridized carbons (Fsp3) is 0.286. The summed E-state index contributed by atoms with van der Waals surface area (Å²) in [6, 6.07) is 15.4. The van der Waals surface area contributed by atoms with E-state index in [1.807, 2.05) is 31.2 Å². The van der Waals surface area contributed by atoms with Crippen LogP contribution in [0.4, 0.5) is 5.69 Å². The maximum absolute atomic E-state index is 13.4. The third-order valence-electron chi connectivity index (χ3n) is 6.17. The minimum absolute atomic E-state index is 0.0352. The van der Waals surface area contributed by atoms with E-state index in [0.29, 0.717) is 28.5 Å². The Morgan fingerprint density at radius 2 is 1.74 bits per heavy atom. The van der Waals surface area contributed by atoms with E-state index < -0.39 is 17.7 Å². The first-order chi connectivity index (χ1) is 16.0. The minimum atomic E-state index is -0.919. The molecule has 34 heavy (non-hydrogen) atoms. The lowest BCUT2D eigenvalue weighted by atomic mass is 9.85. The van der Waals surface area contributed by atoms with E-state index in [4.69, 9.17) is 9.15 Å². The Morgan fingerprint density at radius 3 is 2.32 bits per heavy atom. The molecule has 1 unspecified atom stereocenters. The van der Waals surface area contributed by atoms with E-state index in [1.54, 1.807) is 37.3 Å². The summed E-state index contributed by atoms with van der Waals surface area (Å²) in [7, 11) is 1.50. The number of aliphatic hydroxyl groups excluding tert-OH is 1. The molecule has 0 saturated carbocycles. The van der Waals surface area contributed by atoms with Crippen molar-refractivity contribution in [2.24, 2.45) is 0 Å². The highest BCUT2D eigenvalue weighted by Gasteiger charge is 2.49. The maximum atomic E-state index is 13.4. The molecule has 6 nitrogen and oxygen atoms in total. The van der Waals surface area contributed by atoms with Crippen LogP contribution in [0.2, 0.25) is 0 Å². The van der Waals surface area contributed by atoms with Gasteiger partial charge in [0.1, 0.15) is 29.1 Å². The van der Waals surface area contributed by atoms with Crippen molar-refractivity contribution >= 4 is 23.1 Å². The van der Waals surface area contributed by atoms with Crippen LogP contribution >= 0.6 is 0 Å². The van der Waals surface area contributed by atoms with Crippen molar-refractivity contribution < 1.29 is 23.8 Å². The zero-order valence-electron chi connectivity index (χ0n) is 20.3. The summed E-state index contributed by atoms with van der Waals surface area (Å²) in [5.41, 5.74) is 2.47. The molecule has 2 heterocycles. The van der Waals surface area contributed by atoms with Crippen LogP contribution in [-0.4, -0.2) is 23.9 Å². The lowest BCUT2D eigenvalue weighted by Gasteiger charge is -2.25. The molecule has 6 heteroatoms. The largest absolute Gasteiger partial charge is 0.507 e. The molecule has 3 aromatic rings. The van der Waals surface area contributed by atoms with Gasteiger partial charge in [-0.05, 0) is 60.7 Å². The number of furan rings is 1. The minimum Gasteiger partial charge on any atom is -0.507 e. The summed E-state index contributed by atoms with van der Waals surface area (Å²) in [5.74, 6) is -0.354. The van der Waals surface area contributed by atoms with Crippen molar-refractivity contribution in [1.29, 1.82) is 0 Å². The summed E-state index contributed by atoms with van der Waals surface area (Å²) in [6.45, 7) is 9.83. The number of Topliss-reactive ketones (excluding diaryl/α,β-unsaturated/α-hetero) is 1. The maximum Gasteiger partial charge on any atom is 0.300 e. The van der Waals surface area contributed by atoms with Crippen LogP contribution in [0.1, 0.15) is 55.0 Å². The molecule has 176 valence electrons. The molecular formula is C28H29NO5.